The van der Waals surface area contributed by atoms with Gasteiger partial charge in [-0.2, -0.15) is 5.10 Å². The molecular weight excluding hydrogens is 418 g/mol. The summed E-state index contributed by atoms with van der Waals surface area (Å²) in [6.07, 6.45) is 1.65. The molecule has 0 spiro atoms. The lowest BCUT2D eigenvalue weighted by Gasteiger charge is -2.21. The topological polar surface area (TPSA) is 65.8 Å². The number of amides is 1. The van der Waals surface area contributed by atoms with Crippen molar-refractivity contribution in [2.75, 3.05) is 21.3 Å². The van der Waals surface area contributed by atoms with Crippen LogP contribution in [0.25, 0.3) is 5.69 Å². The van der Waals surface area contributed by atoms with Gasteiger partial charge in [0.2, 0.25) is 11.8 Å². The Bertz CT molecular complexity index is 1060. The van der Waals surface area contributed by atoms with Gasteiger partial charge in [0, 0.05) is 25.1 Å². The molecule has 0 saturated carbocycles. The third kappa shape index (κ3) is 5.66. The van der Waals surface area contributed by atoms with E-state index in [1.807, 2.05) is 69.4 Å². The fourth-order valence-corrected chi connectivity index (χ4v) is 3.47. The Morgan fingerprint density at radius 1 is 0.970 bits per heavy atom. The largest absolute Gasteiger partial charge is 0.497 e. The van der Waals surface area contributed by atoms with Gasteiger partial charge in [-0.3, -0.25) is 4.79 Å². The third-order valence-electron chi connectivity index (χ3n) is 5.70. The van der Waals surface area contributed by atoms with E-state index < -0.39 is 0 Å². The highest BCUT2D eigenvalue weighted by Crippen LogP contribution is 2.33. The molecular formula is C26H33N3O4. The van der Waals surface area contributed by atoms with Crippen LogP contribution in [0.15, 0.2) is 48.5 Å². The molecule has 3 rings (SSSR count). The van der Waals surface area contributed by atoms with Crippen LogP contribution < -0.4 is 14.2 Å². The SMILES string of the molecule is CCc1nn(-c2ccc(OC)cc2)c(Oc2ccc(OC)cc2)c1CCC(=O)N(C)C(C)C. The van der Waals surface area contributed by atoms with Crippen molar-refractivity contribution in [1.29, 1.82) is 0 Å². The fraction of sp³-hybridized carbons (Fsp3) is 0.385. The minimum Gasteiger partial charge on any atom is -0.497 e. The van der Waals surface area contributed by atoms with Crippen LogP contribution in [0.3, 0.4) is 0 Å². The lowest BCUT2D eigenvalue weighted by Crippen LogP contribution is -2.33. The normalized spacial score (nSPS) is 10.9. The summed E-state index contributed by atoms with van der Waals surface area (Å²) in [5, 5.41) is 4.84. The van der Waals surface area contributed by atoms with Crippen molar-refractivity contribution >= 4 is 5.91 Å². The molecule has 0 radical (unpaired) electrons. The van der Waals surface area contributed by atoms with Gasteiger partial charge in [-0.1, -0.05) is 6.92 Å². The van der Waals surface area contributed by atoms with Crippen molar-refractivity contribution in [2.45, 2.75) is 46.1 Å². The average Bonchev–Trinajstić information content (AvgIpc) is 3.19. The zero-order chi connectivity index (χ0) is 24.0. The van der Waals surface area contributed by atoms with E-state index in [9.17, 15) is 4.79 Å². The summed E-state index contributed by atoms with van der Waals surface area (Å²) in [5.41, 5.74) is 2.70. The molecule has 33 heavy (non-hydrogen) atoms. The van der Waals surface area contributed by atoms with Gasteiger partial charge >= 0.3 is 0 Å². The van der Waals surface area contributed by atoms with Crippen LogP contribution in [-0.4, -0.2) is 47.9 Å². The third-order valence-corrected chi connectivity index (χ3v) is 5.70. The number of ether oxygens (including phenoxy) is 3. The van der Waals surface area contributed by atoms with Crippen LogP contribution in [0, 0.1) is 0 Å². The molecule has 0 atom stereocenters. The van der Waals surface area contributed by atoms with Crippen molar-refractivity contribution < 1.29 is 19.0 Å². The number of benzene rings is 2. The molecule has 0 unspecified atom stereocenters. The first kappa shape index (κ1) is 24.2. The van der Waals surface area contributed by atoms with Gasteiger partial charge in [0.1, 0.15) is 17.2 Å². The van der Waals surface area contributed by atoms with Gasteiger partial charge in [-0.25, -0.2) is 4.68 Å². The molecule has 1 amide bonds. The van der Waals surface area contributed by atoms with E-state index in [2.05, 4.69) is 6.92 Å². The maximum absolute atomic E-state index is 12.7. The minimum absolute atomic E-state index is 0.0969. The molecule has 0 saturated heterocycles. The summed E-state index contributed by atoms with van der Waals surface area (Å²) in [7, 11) is 5.11. The predicted molar refractivity (Wildman–Crippen MR) is 129 cm³/mol. The minimum atomic E-state index is 0.0969. The van der Waals surface area contributed by atoms with E-state index >= 15 is 0 Å². The molecule has 0 N–H and O–H groups in total. The first-order chi connectivity index (χ1) is 15.9. The number of rotatable bonds is 10. The van der Waals surface area contributed by atoms with Crippen LogP contribution in [-0.2, 0) is 17.6 Å². The Hall–Kier alpha value is -3.48. The molecule has 1 aromatic heterocycles. The maximum Gasteiger partial charge on any atom is 0.226 e. The molecule has 0 fully saturated rings. The highest BCUT2D eigenvalue weighted by Gasteiger charge is 2.22. The lowest BCUT2D eigenvalue weighted by atomic mass is 10.1. The molecule has 7 nitrogen and oxygen atoms in total. The van der Waals surface area contributed by atoms with E-state index in [4.69, 9.17) is 19.3 Å². The number of hydrogen-bond acceptors (Lipinski definition) is 5. The van der Waals surface area contributed by atoms with Gasteiger partial charge in [0.05, 0.1) is 25.6 Å². The van der Waals surface area contributed by atoms with Crippen LogP contribution in [0.1, 0.15) is 38.4 Å². The number of methoxy groups -OCH3 is 2. The van der Waals surface area contributed by atoms with Gasteiger partial charge in [0.25, 0.3) is 0 Å². The van der Waals surface area contributed by atoms with E-state index in [1.165, 1.54) is 0 Å². The first-order valence-corrected chi connectivity index (χ1v) is 11.2. The molecule has 3 aromatic rings. The van der Waals surface area contributed by atoms with Gasteiger partial charge in [0.15, 0.2) is 0 Å². The molecule has 7 heteroatoms. The van der Waals surface area contributed by atoms with E-state index in [0.717, 1.165) is 34.9 Å². The molecule has 0 aliphatic heterocycles. The zero-order valence-electron chi connectivity index (χ0n) is 20.3. The predicted octanol–water partition coefficient (Wildman–Crippen LogP) is 5.04. The van der Waals surface area contributed by atoms with Crippen molar-refractivity contribution in [2.24, 2.45) is 0 Å². The fourth-order valence-electron chi connectivity index (χ4n) is 3.47. The molecule has 2 aromatic carbocycles. The summed E-state index contributed by atoms with van der Waals surface area (Å²) in [5.74, 6) is 2.89. The van der Waals surface area contributed by atoms with Crippen LogP contribution in [0.4, 0.5) is 0 Å². The quantitative estimate of drug-likeness (QED) is 0.432. The van der Waals surface area contributed by atoms with Crippen molar-refractivity contribution in [3.63, 3.8) is 0 Å². The second kappa shape index (κ2) is 10.9. The summed E-state index contributed by atoms with van der Waals surface area (Å²) in [6, 6.07) is 15.2. The Morgan fingerprint density at radius 2 is 1.52 bits per heavy atom. The molecule has 176 valence electrons. The number of nitrogens with zero attached hydrogens (tertiary/aromatic N) is 3. The first-order valence-electron chi connectivity index (χ1n) is 11.2. The van der Waals surface area contributed by atoms with Crippen molar-refractivity contribution in [3.05, 3.63) is 59.8 Å². The molecule has 1 heterocycles. The second-order valence-corrected chi connectivity index (χ2v) is 8.07. The lowest BCUT2D eigenvalue weighted by molar-refractivity contribution is -0.131. The van der Waals surface area contributed by atoms with Gasteiger partial charge in [-0.05, 0) is 75.2 Å². The standard InChI is InChI=1S/C26H33N3O4/c1-7-24-23(16-17-25(30)28(4)18(2)3)26(33-22-14-12-21(32-6)13-15-22)29(27-24)19-8-10-20(31-5)11-9-19/h8-15,18H,7,16-17H2,1-6H3. The second-order valence-electron chi connectivity index (χ2n) is 8.07. The van der Waals surface area contributed by atoms with Crippen LogP contribution >= 0.6 is 0 Å². The van der Waals surface area contributed by atoms with Gasteiger partial charge < -0.3 is 19.1 Å². The molecule has 0 bridgehead atoms. The monoisotopic (exact) mass is 451 g/mol. The number of carbonyl (C=O) groups is 1. The average molecular weight is 452 g/mol. The number of aromatic nitrogens is 2. The smallest absolute Gasteiger partial charge is 0.226 e. The van der Waals surface area contributed by atoms with E-state index in [0.29, 0.717) is 24.5 Å². The summed E-state index contributed by atoms with van der Waals surface area (Å²) in [6.45, 7) is 6.08. The van der Waals surface area contributed by atoms with Crippen molar-refractivity contribution in [3.8, 4) is 28.8 Å². The Balaban J connectivity index is 2.01. The van der Waals surface area contributed by atoms with Crippen LogP contribution in [0.5, 0.6) is 23.1 Å². The van der Waals surface area contributed by atoms with Crippen LogP contribution in [0.2, 0.25) is 0 Å². The highest BCUT2D eigenvalue weighted by atomic mass is 16.5. The maximum atomic E-state index is 12.7. The van der Waals surface area contributed by atoms with E-state index in [-0.39, 0.29) is 11.9 Å². The number of hydrogen-bond donors (Lipinski definition) is 0. The zero-order valence-corrected chi connectivity index (χ0v) is 20.3. The number of carbonyl (C=O) groups excluding carboxylic acids is 1. The Labute approximate surface area is 195 Å². The highest BCUT2D eigenvalue weighted by molar-refractivity contribution is 5.76. The molecule has 0 aliphatic carbocycles. The summed E-state index contributed by atoms with van der Waals surface area (Å²) < 4.78 is 18.7. The summed E-state index contributed by atoms with van der Waals surface area (Å²) in [4.78, 5) is 14.4. The van der Waals surface area contributed by atoms with E-state index in [1.54, 1.807) is 23.8 Å². The number of aryl methyl sites for hydroxylation is 1. The van der Waals surface area contributed by atoms with Crippen molar-refractivity contribution in [1.82, 2.24) is 14.7 Å². The van der Waals surface area contributed by atoms with Gasteiger partial charge in [-0.15, -0.1) is 0 Å². The molecule has 0 aliphatic rings. The Morgan fingerprint density at radius 3 is 2.03 bits per heavy atom. The summed E-state index contributed by atoms with van der Waals surface area (Å²) >= 11 is 0. The Kier molecular flexibility index (Phi) is 7.98.